The smallest absolute Gasteiger partial charge is 0.475 e. The van der Waals surface area contributed by atoms with Crippen molar-refractivity contribution in [1.82, 2.24) is 9.80 Å². The van der Waals surface area contributed by atoms with Gasteiger partial charge in [0.1, 0.15) is 5.82 Å². The molecule has 2 atom stereocenters. The van der Waals surface area contributed by atoms with E-state index in [0.29, 0.717) is 25.5 Å². The number of aliphatic carboxylic acids is 1. The molecule has 0 saturated carbocycles. The second kappa shape index (κ2) is 9.74. The minimum absolute atomic E-state index is 0.0315. The lowest BCUT2D eigenvalue weighted by Crippen LogP contribution is -2.46. The SMILES string of the molecule is C[C@H]1CN(C)C[C@@]12COCCN(C(=O)Cc1ccc(F)cc1)C2.O=C(O)C(F)(F)F. The van der Waals surface area contributed by atoms with E-state index in [0.717, 1.165) is 31.8 Å². The van der Waals surface area contributed by atoms with Crippen LogP contribution in [-0.2, 0) is 20.7 Å². The average Bonchev–Trinajstić information content (AvgIpc) is 2.81. The maximum absolute atomic E-state index is 13.0. The van der Waals surface area contributed by atoms with E-state index in [-0.39, 0.29) is 17.1 Å². The van der Waals surface area contributed by atoms with E-state index in [4.69, 9.17) is 14.6 Å². The van der Waals surface area contributed by atoms with Gasteiger partial charge in [0.15, 0.2) is 0 Å². The van der Waals surface area contributed by atoms with Crippen molar-refractivity contribution in [3.8, 4) is 0 Å². The van der Waals surface area contributed by atoms with Crippen LogP contribution in [0.1, 0.15) is 12.5 Å². The van der Waals surface area contributed by atoms with E-state index < -0.39 is 12.1 Å². The maximum atomic E-state index is 13.0. The summed E-state index contributed by atoms with van der Waals surface area (Å²) in [6, 6.07) is 6.18. The standard InChI is InChI=1S/C18H25FN2O2.C2HF3O2/c1-14-10-20(2)11-18(14)12-21(7-8-23-13-18)17(22)9-15-3-5-16(19)6-4-15;3-2(4,5)1(6)7/h3-6,14H,7-13H2,1-2H3;(H,6,7)/t14-,18+;/m0./s1. The van der Waals surface area contributed by atoms with Crippen LogP contribution in [0, 0.1) is 17.2 Å². The van der Waals surface area contributed by atoms with Crippen molar-refractivity contribution < 1.29 is 37.0 Å². The molecule has 2 saturated heterocycles. The fraction of sp³-hybridized carbons (Fsp3) is 0.600. The van der Waals surface area contributed by atoms with Gasteiger partial charge >= 0.3 is 12.1 Å². The molecule has 0 unspecified atom stereocenters. The number of carboxylic acid groups (broad SMARTS) is 1. The fourth-order valence-corrected chi connectivity index (χ4v) is 3.87. The van der Waals surface area contributed by atoms with Crippen molar-refractivity contribution in [2.24, 2.45) is 11.3 Å². The van der Waals surface area contributed by atoms with Gasteiger partial charge in [-0.15, -0.1) is 0 Å². The zero-order valence-electron chi connectivity index (χ0n) is 16.9. The number of benzene rings is 1. The topological polar surface area (TPSA) is 70.1 Å². The van der Waals surface area contributed by atoms with E-state index in [1.54, 1.807) is 12.1 Å². The summed E-state index contributed by atoms with van der Waals surface area (Å²) < 4.78 is 50.6. The predicted octanol–water partition coefficient (Wildman–Crippen LogP) is 2.43. The molecule has 168 valence electrons. The van der Waals surface area contributed by atoms with Gasteiger partial charge in [-0.05, 0) is 30.7 Å². The van der Waals surface area contributed by atoms with Gasteiger partial charge in [-0.25, -0.2) is 9.18 Å². The van der Waals surface area contributed by atoms with Crippen molar-refractivity contribution in [3.05, 3.63) is 35.6 Å². The van der Waals surface area contributed by atoms with Gasteiger partial charge in [-0.2, -0.15) is 13.2 Å². The number of carbonyl (C=O) groups is 2. The lowest BCUT2D eigenvalue weighted by atomic mass is 9.79. The first-order valence-electron chi connectivity index (χ1n) is 9.51. The van der Waals surface area contributed by atoms with E-state index in [2.05, 4.69) is 18.9 Å². The predicted molar refractivity (Wildman–Crippen MR) is 100 cm³/mol. The molecule has 6 nitrogen and oxygen atoms in total. The summed E-state index contributed by atoms with van der Waals surface area (Å²) in [6.45, 7) is 6.96. The molecule has 1 N–H and O–H groups in total. The number of hydrogen-bond donors (Lipinski definition) is 1. The number of carboxylic acids is 1. The number of rotatable bonds is 2. The zero-order chi connectivity index (χ0) is 22.5. The van der Waals surface area contributed by atoms with Crippen LogP contribution < -0.4 is 0 Å². The minimum atomic E-state index is -5.08. The molecule has 0 aromatic heterocycles. The number of ether oxygens (including phenoxy) is 1. The highest BCUT2D eigenvalue weighted by molar-refractivity contribution is 5.79. The highest BCUT2D eigenvalue weighted by atomic mass is 19.4. The lowest BCUT2D eigenvalue weighted by Gasteiger charge is -2.35. The van der Waals surface area contributed by atoms with Gasteiger partial charge in [0.2, 0.25) is 5.91 Å². The molecule has 1 amide bonds. The number of nitrogens with zero attached hydrogens (tertiary/aromatic N) is 2. The molecule has 1 aromatic rings. The van der Waals surface area contributed by atoms with Gasteiger partial charge in [0.25, 0.3) is 0 Å². The molecule has 10 heteroatoms. The number of hydrogen-bond acceptors (Lipinski definition) is 4. The van der Waals surface area contributed by atoms with Crippen molar-refractivity contribution in [2.45, 2.75) is 19.5 Å². The molecular weight excluding hydrogens is 408 g/mol. The fourth-order valence-electron chi connectivity index (χ4n) is 3.87. The number of likely N-dealkylation sites (tertiary alicyclic amines) is 1. The number of carbonyl (C=O) groups excluding carboxylic acids is 1. The van der Waals surface area contributed by atoms with Crippen molar-refractivity contribution in [1.29, 1.82) is 0 Å². The summed E-state index contributed by atoms with van der Waals surface area (Å²) in [7, 11) is 2.13. The Kier molecular flexibility index (Phi) is 7.81. The van der Waals surface area contributed by atoms with Gasteiger partial charge < -0.3 is 19.6 Å². The van der Waals surface area contributed by atoms with Gasteiger partial charge in [0, 0.05) is 31.6 Å². The van der Waals surface area contributed by atoms with E-state index >= 15 is 0 Å². The highest BCUT2D eigenvalue weighted by Gasteiger charge is 2.46. The number of amides is 1. The molecule has 2 aliphatic heterocycles. The number of alkyl halides is 3. The Balaban J connectivity index is 0.000000396. The third kappa shape index (κ3) is 6.40. The van der Waals surface area contributed by atoms with Crippen LogP contribution in [-0.4, -0.2) is 79.4 Å². The molecule has 2 fully saturated rings. The van der Waals surface area contributed by atoms with Crippen LogP contribution in [0.5, 0.6) is 0 Å². The largest absolute Gasteiger partial charge is 0.490 e. The third-order valence-electron chi connectivity index (χ3n) is 5.48. The first-order chi connectivity index (χ1) is 13.9. The molecule has 2 heterocycles. The Morgan fingerprint density at radius 2 is 1.83 bits per heavy atom. The normalized spacial score (nSPS) is 24.9. The Hall–Kier alpha value is -2.20. The van der Waals surface area contributed by atoms with Crippen LogP contribution in [0.4, 0.5) is 17.6 Å². The van der Waals surface area contributed by atoms with Crippen LogP contribution in [0.3, 0.4) is 0 Å². The van der Waals surface area contributed by atoms with Crippen LogP contribution in [0.2, 0.25) is 0 Å². The summed E-state index contributed by atoms with van der Waals surface area (Å²) in [4.78, 5) is 25.9. The van der Waals surface area contributed by atoms with Gasteiger partial charge in [-0.3, -0.25) is 4.79 Å². The van der Waals surface area contributed by atoms with Crippen molar-refractivity contribution in [2.75, 3.05) is 46.4 Å². The van der Waals surface area contributed by atoms with E-state index in [1.165, 1.54) is 12.1 Å². The molecule has 0 radical (unpaired) electrons. The van der Waals surface area contributed by atoms with Gasteiger partial charge in [0.05, 0.1) is 19.6 Å². The Bertz CT molecular complexity index is 741. The molecule has 2 aliphatic rings. The molecule has 3 rings (SSSR count). The zero-order valence-corrected chi connectivity index (χ0v) is 16.9. The Morgan fingerprint density at radius 3 is 2.33 bits per heavy atom. The molecule has 1 aromatic carbocycles. The highest BCUT2D eigenvalue weighted by Crippen LogP contribution is 2.37. The number of halogens is 4. The quantitative estimate of drug-likeness (QED) is 0.725. The molecule has 0 aliphatic carbocycles. The summed E-state index contributed by atoms with van der Waals surface area (Å²) in [5.41, 5.74) is 0.885. The minimum Gasteiger partial charge on any atom is -0.475 e. The Labute approximate surface area is 172 Å². The average molecular weight is 434 g/mol. The summed E-state index contributed by atoms with van der Waals surface area (Å²) in [5, 5.41) is 7.12. The third-order valence-corrected chi connectivity index (χ3v) is 5.48. The van der Waals surface area contributed by atoms with Crippen LogP contribution in [0.25, 0.3) is 0 Å². The summed E-state index contributed by atoms with van der Waals surface area (Å²) in [6.07, 6.45) is -4.76. The second-order valence-electron chi connectivity index (χ2n) is 7.93. The monoisotopic (exact) mass is 434 g/mol. The summed E-state index contributed by atoms with van der Waals surface area (Å²) in [5.74, 6) is -2.42. The van der Waals surface area contributed by atoms with Gasteiger partial charge in [-0.1, -0.05) is 19.1 Å². The molecular formula is C20H26F4N2O4. The van der Waals surface area contributed by atoms with Crippen molar-refractivity contribution in [3.63, 3.8) is 0 Å². The maximum Gasteiger partial charge on any atom is 0.490 e. The molecule has 0 bridgehead atoms. The Morgan fingerprint density at radius 1 is 1.23 bits per heavy atom. The van der Waals surface area contributed by atoms with Crippen LogP contribution in [0.15, 0.2) is 24.3 Å². The first kappa shape index (κ1) is 24.1. The summed E-state index contributed by atoms with van der Waals surface area (Å²) >= 11 is 0. The van der Waals surface area contributed by atoms with Crippen LogP contribution >= 0.6 is 0 Å². The second-order valence-corrected chi connectivity index (χ2v) is 7.93. The lowest BCUT2D eigenvalue weighted by molar-refractivity contribution is -0.192. The molecule has 30 heavy (non-hydrogen) atoms. The first-order valence-corrected chi connectivity index (χ1v) is 9.51. The van der Waals surface area contributed by atoms with Crippen molar-refractivity contribution >= 4 is 11.9 Å². The van der Waals surface area contributed by atoms with E-state index in [9.17, 15) is 22.4 Å². The van der Waals surface area contributed by atoms with E-state index in [1.807, 2.05) is 4.90 Å². The molecule has 1 spiro atoms.